The number of carbonyl (C=O) groups is 3. The van der Waals surface area contributed by atoms with Gasteiger partial charge in [-0.2, -0.15) is 0 Å². The van der Waals surface area contributed by atoms with Gasteiger partial charge in [-0.05, 0) is 31.9 Å². The lowest BCUT2D eigenvalue weighted by molar-refractivity contribution is -0.134. The van der Waals surface area contributed by atoms with Crippen LogP contribution in [0.3, 0.4) is 0 Å². The summed E-state index contributed by atoms with van der Waals surface area (Å²) in [7, 11) is 2.84. The Kier molecular flexibility index (Phi) is 6.76. The molecule has 34 heavy (non-hydrogen) atoms. The molecule has 2 aliphatic heterocycles. The largest absolute Gasteiger partial charge is 0.488 e. The standard InChI is InChI=1S/C24H27N5O5/c1-16(12-21(30)33-3)23(31)29-9-6-18(14-20(29)25-2)28-10-11-34-19-13-17(15-26-22(19)28)24(32)27-7-4-5-8-27/h6,9,12-15H,4-5,7-8,10-11H2,1-3H3/b16-12+,25-20?. The zero-order valence-corrected chi connectivity index (χ0v) is 19.5. The average Bonchev–Trinajstić information content (AvgIpc) is 3.41. The van der Waals surface area contributed by atoms with Gasteiger partial charge in [0, 0.05) is 55.9 Å². The van der Waals surface area contributed by atoms with Crippen molar-refractivity contribution in [2.45, 2.75) is 19.8 Å². The van der Waals surface area contributed by atoms with Gasteiger partial charge in [-0.1, -0.05) is 0 Å². The first kappa shape index (κ1) is 23.2. The number of methoxy groups -OCH3 is 1. The Hall–Kier alpha value is -3.95. The maximum atomic E-state index is 12.8. The highest BCUT2D eigenvalue weighted by molar-refractivity contribution is 6.00. The minimum Gasteiger partial charge on any atom is -0.488 e. The van der Waals surface area contributed by atoms with Crippen molar-refractivity contribution in [1.29, 1.82) is 0 Å². The van der Waals surface area contributed by atoms with Gasteiger partial charge in [-0.25, -0.2) is 9.78 Å². The van der Waals surface area contributed by atoms with E-state index in [1.54, 1.807) is 44.6 Å². The molecule has 0 bridgehead atoms. The third-order valence-corrected chi connectivity index (χ3v) is 5.85. The lowest BCUT2D eigenvalue weighted by Crippen LogP contribution is -2.33. The van der Waals surface area contributed by atoms with Gasteiger partial charge in [-0.15, -0.1) is 0 Å². The molecule has 2 aromatic rings. The number of hydrogen-bond acceptors (Lipinski definition) is 8. The number of pyridine rings is 2. The fraction of sp³-hybridized carbons (Fsp3) is 0.375. The van der Waals surface area contributed by atoms with Gasteiger partial charge in [0.05, 0.1) is 19.2 Å². The number of aromatic nitrogens is 2. The van der Waals surface area contributed by atoms with Crippen LogP contribution in [0.1, 0.15) is 34.9 Å². The Bertz CT molecular complexity index is 1230. The Balaban J connectivity index is 1.63. The smallest absolute Gasteiger partial charge is 0.330 e. The summed E-state index contributed by atoms with van der Waals surface area (Å²) in [6, 6.07) is 5.29. The molecule has 10 heteroatoms. The molecule has 2 aromatic heterocycles. The number of likely N-dealkylation sites (tertiary alicyclic amines) is 1. The molecule has 0 unspecified atom stereocenters. The minimum absolute atomic E-state index is 0.0322. The van der Waals surface area contributed by atoms with Gasteiger partial charge in [0.25, 0.3) is 11.8 Å². The van der Waals surface area contributed by atoms with E-state index in [-0.39, 0.29) is 17.4 Å². The van der Waals surface area contributed by atoms with Crippen molar-refractivity contribution in [3.8, 4) is 5.75 Å². The number of allylic oxidation sites excluding steroid dienone is 1. The Labute approximate surface area is 197 Å². The van der Waals surface area contributed by atoms with E-state index in [1.165, 1.54) is 11.7 Å². The molecule has 1 amide bonds. The molecule has 0 N–H and O–H groups in total. The third-order valence-electron chi connectivity index (χ3n) is 5.85. The van der Waals surface area contributed by atoms with Crippen molar-refractivity contribution in [3.05, 3.63) is 53.3 Å². The number of fused-ring (bicyclic) bond motifs is 1. The van der Waals surface area contributed by atoms with Gasteiger partial charge in [0.2, 0.25) is 0 Å². The number of esters is 1. The summed E-state index contributed by atoms with van der Waals surface area (Å²) in [5.41, 5.74) is 1.92. The van der Waals surface area contributed by atoms with Crippen LogP contribution < -0.4 is 15.1 Å². The molecule has 0 aromatic carbocycles. The Morgan fingerprint density at radius 1 is 1.18 bits per heavy atom. The molecule has 2 aliphatic rings. The lowest BCUT2D eigenvalue weighted by Gasteiger charge is -2.30. The number of rotatable bonds is 4. The molecule has 0 saturated carbocycles. The quantitative estimate of drug-likeness (QED) is 0.502. The van der Waals surface area contributed by atoms with E-state index in [1.807, 2.05) is 9.80 Å². The van der Waals surface area contributed by atoms with Crippen LogP contribution >= 0.6 is 0 Å². The number of hydrogen-bond donors (Lipinski definition) is 0. The molecule has 10 nitrogen and oxygen atoms in total. The summed E-state index contributed by atoms with van der Waals surface area (Å²) in [5.74, 6) is 0.114. The van der Waals surface area contributed by atoms with E-state index in [0.29, 0.717) is 35.8 Å². The predicted octanol–water partition coefficient (Wildman–Crippen LogP) is 1.94. The summed E-state index contributed by atoms with van der Waals surface area (Å²) < 4.78 is 11.8. The second kappa shape index (κ2) is 9.90. The van der Waals surface area contributed by atoms with E-state index < -0.39 is 5.97 Å². The Morgan fingerprint density at radius 2 is 1.94 bits per heavy atom. The molecule has 1 fully saturated rings. The molecule has 1 saturated heterocycles. The molecule has 178 valence electrons. The molecule has 0 radical (unpaired) electrons. The summed E-state index contributed by atoms with van der Waals surface area (Å²) in [6.45, 7) is 4.04. The monoisotopic (exact) mass is 465 g/mol. The van der Waals surface area contributed by atoms with E-state index in [4.69, 9.17) is 4.74 Å². The highest BCUT2D eigenvalue weighted by atomic mass is 16.5. The summed E-state index contributed by atoms with van der Waals surface area (Å²) in [5, 5.41) is 0. The van der Waals surface area contributed by atoms with Crippen molar-refractivity contribution in [2.75, 3.05) is 45.3 Å². The second-order valence-electron chi connectivity index (χ2n) is 8.04. The molecule has 0 aliphatic carbocycles. The average molecular weight is 466 g/mol. The van der Waals surface area contributed by atoms with Gasteiger partial charge in [0.15, 0.2) is 11.6 Å². The van der Waals surface area contributed by atoms with E-state index in [2.05, 4.69) is 14.7 Å². The molecular formula is C24H27N5O5. The van der Waals surface area contributed by atoms with Crippen LogP contribution in [0.25, 0.3) is 0 Å². The first-order valence-electron chi connectivity index (χ1n) is 11.1. The Morgan fingerprint density at radius 3 is 2.65 bits per heavy atom. The van der Waals surface area contributed by atoms with Crippen LogP contribution in [0, 0.1) is 0 Å². The SMILES string of the molecule is CN=c1cc(N2CCOc3cc(C(=O)N4CCCC4)cnc32)ccn1C(=O)/C(C)=C/C(=O)OC. The van der Waals surface area contributed by atoms with Gasteiger partial charge < -0.3 is 19.3 Å². The normalized spacial score (nSPS) is 16.2. The number of carbonyl (C=O) groups excluding carboxylic acids is 3. The zero-order valence-electron chi connectivity index (χ0n) is 19.5. The summed E-state index contributed by atoms with van der Waals surface area (Å²) in [6.07, 6.45) is 6.38. The van der Waals surface area contributed by atoms with E-state index in [9.17, 15) is 14.4 Å². The van der Waals surface area contributed by atoms with Crippen LogP contribution in [0.5, 0.6) is 5.75 Å². The molecule has 0 atom stereocenters. The topological polar surface area (TPSA) is 106 Å². The maximum absolute atomic E-state index is 12.8. The van der Waals surface area contributed by atoms with Crippen LogP contribution in [-0.2, 0) is 9.53 Å². The number of nitrogens with zero attached hydrogens (tertiary/aromatic N) is 5. The van der Waals surface area contributed by atoms with Crippen molar-refractivity contribution < 1.29 is 23.9 Å². The first-order valence-corrected chi connectivity index (χ1v) is 11.1. The second-order valence-corrected chi connectivity index (χ2v) is 8.04. The predicted molar refractivity (Wildman–Crippen MR) is 124 cm³/mol. The molecule has 4 rings (SSSR count). The minimum atomic E-state index is -0.600. The summed E-state index contributed by atoms with van der Waals surface area (Å²) in [4.78, 5) is 49.6. The van der Waals surface area contributed by atoms with Crippen LogP contribution in [0.2, 0.25) is 0 Å². The summed E-state index contributed by atoms with van der Waals surface area (Å²) >= 11 is 0. The molecule has 4 heterocycles. The van der Waals surface area contributed by atoms with Crippen LogP contribution in [0.15, 0.2) is 47.2 Å². The van der Waals surface area contributed by atoms with Gasteiger partial charge in [-0.3, -0.25) is 19.1 Å². The van der Waals surface area contributed by atoms with Crippen molar-refractivity contribution in [1.82, 2.24) is 14.5 Å². The fourth-order valence-electron chi connectivity index (χ4n) is 4.05. The van der Waals surface area contributed by atoms with Gasteiger partial charge in [0.1, 0.15) is 12.1 Å². The fourth-order valence-corrected chi connectivity index (χ4v) is 4.05. The van der Waals surface area contributed by atoms with Crippen LogP contribution in [0.4, 0.5) is 11.5 Å². The maximum Gasteiger partial charge on any atom is 0.330 e. The molecular weight excluding hydrogens is 438 g/mol. The van der Waals surface area contributed by atoms with Crippen molar-refractivity contribution in [3.63, 3.8) is 0 Å². The number of ether oxygens (including phenoxy) is 2. The van der Waals surface area contributed by atoms with Gasteiger partial charge >= 0.3 is 5.97 Å². The lowest BCUT2D eigenvalue weighted by atomic mass is 10.2. The zero-order chi connectivity index (χ0) is 24.2. The highest BCUT2D eigenvalue weighted by Gasteiger charge is 2.26. The van der Waals surface area contributed by atoms with E-state index in [0.717, 1.165) is 37.7 Å². The first-order chi connectivity index (χ1) is 16.4. The van der Waals surface area contributed by atoms with Crippen LogP contribution in [-0.4, -0.2) is 72.6 Å². The third kappa shape index (κ3) is 4.57. The number of amides is 1. The van der Waals surface area contributed by atoms with Crippen molar-refractivity contribution >= 4 is 29.3 Å². The number of anilines is 2. The van der Waals surface area contributed by atoms with E-state index >= 15 is 0 Å². The van der Waals surface area contributed by atoms with Crippen molar-refractivity contribution in [2.24, 2.45) is 4.99 Å². The molecule has 0 spiro atoms. The highest BCUT2D eigenvalue weighted by Crippen LogP contribution is 2.35.